The summed E-state index contributed by atoms with van der Waals surface area (Å²) in [5.41, 5.74) is 0. The molecule has 0 aliphatic heterocycles. The first kappa shape index (κ1) is 7.78. The summed E-state index contributed by atoms with van der Waals surface area (Å²) in [7, 11) is 0. The van der Waals surface area contributed by atoms with Gasteiger partial charge in [-0.3, -0.25) is 5.32 Å². The van der Waals surface area contributed by atoms with Crippen LogP contribution < -0.4 is 5.32 Å². The Labute approximate surface area is 46.5 Å². The maximum Gasteiger partial charge on any atom is 0.257 e. The van der Waals surface area contributed by atoms with Crippen molar-refractivity contribution in [3.63, 3.8) is 0 Å². The zero-order valence-electron chi connectivity index (χ0n) is 4.62. The van der Waals surface area contributed by atoms with Gasteiger partial charge in [0.05, 0.1) is 13.3 Å². The molecule has 0 atom stereocenters. The summed E-state index contributed by atoms with van der Waals surface area (Å²) in [6.07, 6.45) is 0. The molecule has 0 spiro atoms. The highest BCUT2D eigenvalue weighted by molar-refractivity contribution is 4.58. The van der Waals surface area contributed by atoms with E-state index in [2.05, 4.69) is 5.32 Å². The highest BCUT2D eigenvalue weighted by Gasteiger charge is 2.18. The average Bonchev–Trinajstić information content (AvgIpc) is 1.59. The zero-order chi connectivity index (χ0) is 6.62. The fourth-order valence-corrected chi connectivity index (χ4v) is 0.275. The third-order valence-corrected chi connectivity index (χ3v) is 0.547. The summed E-state index contributed by atoms with van der Waals surface area (Å²) in [6.45, 7) is -0.0808. The number of alkyl halides is 2. The summed E-state index contributed by atoms with van der Waals surface area (Å²) in [4.78, 5) is 0. The summed E-state index contributed by atoms with van der Waals surface area (Å²) >= 11 is 0. The minimum absolute atomic E-state index is 0.399. The van der Waals surface area contributed by atoms with E-state index in [-0.39, 0.29) is 0 Å². The van der Waals surface area contributed by atoms with E-state index in [4.69, 9.17) is 5.11 Å². The quantitative estimate of drug-likeness (QED) is 0.527. The number of hydrogen-bond acceptors (Lipinski definition) is 2. The van der Waals surface area contributed by atoms with Crippen LogP contribution in [-0.4, -0.2) is 24.3 Å². The van der Waals surface area contributed by atoms with Crippen LogP contribution in [0.1, 0.15) is 6.92 Å². The van der Waals surface area contributed by atoms with Gasteiger partial charge in [-0.2, -0.15) is 0 Å². The minimum atomic E-state index is -2.72. The number of hydrogen-bond donors (Lipinski definition) is 2. The molecule has 8 heavy (non-hydrogen) atoms. The molecular weight excluding hydrogens is 116 g/mol. The predicted octanol–water partition coefficient (Wildman–Crippen LogP) is 0.181. The topological polar surface area (TPSA) is 32.3 Å². The Morgan fingerprint density at radius 3 is 2.25 bits per heavy atom. The molecule has 0 amide bonds. The molecule has 0 saturated heterocycles. The van der Waals surface area contributed by atoms with Crippen LogP contribution in [0.3, 0.4) is 0 Å². The van der Waals surface area contributed by atoms with Crippen molar-refractivity contribution in [3.05, 3.63) is 0 Å². The normalized spacial score (nSPS) is 12.0. The molecule has 0 aliphatic carbocycles. The fourth-order valence-electron chi connectivity index (χ4n) is 0.275. The van der Waals surface area contributed by atoms with Crippen LogP contribution in [0.4, 0.5) is 8.78 Å². The molecule has 0 rings (SSSR count). The third-order valence-electron chi connectivity index (χ3n) is 0.547. The Morgan fingerprint density at radius 1 is 1.62 bits per heavy atom. The Hall–Kier alpha value is -0.220. The van der Waals surface area contributed by atoms with Crippen LogP contribution in [0, 0.1) is 0 Å². The molecule has 0 fully saturated rings. The summed E-state index contributed by atoms with van der Waals surface area (Å²) in [5, 5.41) is 10.1. The van der Waals surface area contributed by atoms with E-state index in [1.165, 1.54) is 0 Å². The van der Waals surface area contributed by atoms with Crippen LogP contribution in [0.15, 0.2) is 0 Å². The third kappa shape index (κ3) is 5.78. The van der Waals surface area contributed by atoms with Crippen LogP contribution in [-0.2, 0) is 0 Å². The summed E-state index contributed by atoms with van der Waals surface area (Å²) in [6, 6.07) is 0. The van der Waals surface area contributed by atoms with Crippen molar-refractivity contribution >= 4 is 0 Å². The van der Waals surface area contributed by atoms with Crippen molar-refractivity contribution in [1.29, 1.82) is 0 Å². The van der Waals surface area contributed by atoms with E-state index >= 15 is 0 Å². The van der Waals surface area contributed by atoms with E-state index in [0.717, 1.165) is 6.92 Å². The molecule has 2 nitrogen and oxygen atoms in total. The van der Waals surface area contributed by atoms with Gasteiger partial charge in [-0.1, -0.05) is 0 Å². The largest absolute Gasteiger partial charge is 0.381 e. The van der Waals surface area contributed by atoms with Gasteiger partial charge < -0.3 is 5.11 Å². The Balaban J connectivity index is 3.11. The van der Waals surface area contributed by atoms with Crippen LogP contribution in [0.2, 0.25) is 0 Å². The van der Waals surface area contributed by atoms with Gasteiger partial charge in [0.2, 0.25) is 0 Å². The molecule has 0 aromatic heterocycles. The maximum atomic E-state index is 11.7. The van der Waals surface area contributed by atoms with Gasteiger partial charge in [-0.15, -0.1) is 0 Å². The molecule has 0 unspecified atom stereocenters. The minimum Gasteiger partial charge on any atom is -0.381 e. The highest BCUT2D eigenvalue weighted by atomic mass is 19.3. The molecule has 4 heteroatoms. The number of aliphatic hydroxyl groups is 1. The Kier molecular flexibility index (Phi) is 2.86. The predicted molar refractivity (Wildman–Crippen MR) is 25.7 cm³/mol. The number of aliphatic hydroxyl groups excluding tert-OH is 1. The van der Waals surface area contributed by atoms with Crippen LogP contribution in [0.5, 0.6) is 0 Å². The second-order valence-corrected chi connectivity index (χ2v) is 1.66. The van der Waals surface area contributed by atoms with Crippen molar-refractivity contribution in [1.82, 2.24) is 5.32 Å². The van der Waals surface area contributed by atoms with Gasteiger partial charge in [0, 0.05) is 6.92 Å². The fraction of sp³-hybridized carbons (Fsp3) is 1.00. The lowest BCUT2D eigenvalue weighted by atomic mass is 10.4. The first-order chi connectivity index (χ1) is 3.56. The van der Waals surface area contributed by atoms with Gasteiger partial charge in [-0.25, -0.2) is 8.78 Å². The van der Waals surface area contributed by atoms with Gasteiger partial charge in [-0.05, 0) is 0 Å². The number of nitrogens with one attached hydrogen (secondary N) is 1. The van der Waals surface area contributed by atoms with Crippen LogP contribution >= 0.6 is 0 Å². The van der Waals surface area contributed by atoms with E-state index in [9.17, 15) is 8.78 Å². The van der Waals surface area contributed by atoms with E-state index < -0.39 is 19.2 Å². The van der Waals surface area contributed by atoms with Crippen molar-refractivity contribution < 1.29 is 13.9 Å². The molecule has 0 saturated carbocycles. The van der Waals surface area contributed by atoms with Crippen LogP contribution in [0.25, 0.3) is 0 Å². The summed E-state index contributed by atoms with van der Waals surface area (Å²) < 4.78 is 23.5. The average molecular weight is 125 g/mol. The molecule has 0 heterocycles. The van der Waals surface area contributed by atoms with Gasteiger partial charge in [0.25, 0.3) is 5.92 Å². The van der Waals surface area contributed by atoms with E-state index in [1.807, 2.05) is 0 Å². The first-order valence-electron chi connectivity index (χ1n) is 2.25. The number of halogens is 2. The monoisotopic (exact) mass is 125 g/mol. The Bertz CT molecular complexity index is 61.5. The van der Waals surface area contributed by atoms with Crippen molar-refractivity contribution in [2.24, 2.45) is 0 Å². The SMILES string of the molecule is CC(F)(F)CNCO. The highest BCUT2D eigenvalue weighted by Crippen LogP contribution is 2.07. The molecule has 50 valence electrons. The standard InChI is InChI=1S/C4H9F2NO/c1-4(5,6)2-7-3-8/h7-8H,2-3H2,1H3. The van der Waals surface area contributed by atoms with E-state index in [1.54, 1.807) is 0 Å². The second kappa shape index (κ2) is 2.94. The van der Waals surface area contributed by atoms with Gasteiger partial charge >= 0.3 is 0 Å². The van der Waals surface area contributed by atoms with Gasteiger partial charge in [0.15, 0.2) is 0 Å². The van der Waals surface area contributed by atoms with Gasteiger partial charge in [0.1, 0.15) is 0 Å². The molecule has 0 aromatic carbocycles. The maximum absolute atomic E-state index is 11.7. The lowest BCUT2D eigenvalue weighted by Crippen LogP contribution is -2.30. The van der Waals surface area contributed by atoms with Crippen molar-refractivity contribution in [3.8, 4) is 0 Å². The molecule has 0 bridgehead atoms. The van der Waals surface area contributed by atoms with Crippen molar-refractivity contribution in [2.45, 2.75) is 12.8 Å². The molecule has 0 radical (unpaired) electrons. The Morgan fingerprint density at radius 2 is 2.12 bits per heavy atom. The second-order valence-electron chi connectivity index (χ2n) is 1.66. The smallest absolute Gasteiger partial charge is 0.257 e. The molecule has 0 aliphatic rings. The number of rotatable bonds is 3. The molecule has 2 N–H and O–H groups in total. The van der Waals surface area contributed by atoms with Crippen molar-refractivity contribution in [2.75, 3.05) is 13.3 Å². The molecular formula is C4H9F2NO. The zero-order valence-corrected chi connectivity index (χ0v) is 4.62. The molecule has 0 aromatic rings. The van der Waals surface area contributed by atoms with E-state index in [0.29, 0.717) is 0 Å². The summed E-state index contributed by atoms with van der Waals surface area (Å²) in [5.74, 6) is -2.72. The lowest BCUT2D eigenvalue weighted by Gasteiger charge is -2.08. The first-order valence-corrected chi connectivity index (χ1v) is 2.25. The lowest BCUT2D eigenvalue weighted by molar-refractivity contribution is 0.0166.